The Labute approximate surface area is 68.0 Å². The fourth-order valence-corrected chi connectivity index (χ4v) is 0.868. The molecule has 0 amide bonds. The Morgan fingerprint density at radius 3 is 2.73 bits per heavy atom. The zero-order chi connectivity index (χ0) is 8.27. The number of para-hydroxylation sites is 1. The topological polar surface area (TPSA) is 9.23 Å². The first kappa shape index (κ1) is 8.12. The molecular formula is C10H13O. The largest absolute Gasteiger partial charge is 0.490 e. The monoisotopic (exact) mass is 149 g/mol. The summed E-state index contributed by atoms with van der Waals surface area (Å²) in [6.45, 7) is 6.05. The number of ether oxygens (including phenoxy) is 1. The van der Waals surface area contributed by atoms with Crippen molar-refractivity contribution in [1.82, 2.24) is 0 Å². The summed E-state index contributed by atoms with van der Waals surface area (Å²) in [7, 11) is 0. The lowest BCUT2D eigenvalue weighted by molar-refractivity contribution is 0.240. The van der Waals surface area contributed by atoms with Gasteiger partial charge in [-0.05, 0) is 26.3 Å². The average Bonchev–Trinajstić information content (AvgIpc) is 1.93. The summed E-state index contributed by atoms with van der Waals surface area (Å²) in [6.07, 6.45) is 0.229. The van der Waals surface area contributed by atoms with Crippen LogP contribution in [0.1, 0.15) is 19.4 Å². The third kappa shape index (κ3) is 2.26. The van der Waals surface area contributed by atoms with Crippen molar-refractivity contribution in [2.45, 2.75) is 26.9 Å². The zero-order valence-corrected chi connectivity index (χ0v) is 7.22. The van der Waals surface area contributed by atoms with Crippen LogP contribution in [0.3, 0.4) is 0 Å². The molecule has 0 bridgehead atoms. The summed E-state index contributed by atoms with van der Waals surface area (Å²) >= 11 is 0. The van der Waals surface area contributed by atoms with Crippen molar-refractivity contribution < 1.29 is 4.74 Å². The standard InChI is InChI=1S/C10H13O/c1-8(2)11-10-7-5-4-6-9(10)3/h4-6,8H,1-3H3. The Morgan fingerprint density at radius 2 is 2.18 bits per heavy atom. The molecule has 0 fully saturated rings. The molecule has 1 aromatic rings. The predicted octanol–water partition coefficient (Wildman–Crippen LogP) is 2.58. The van der Waals surface area contributed by atoms with E-state index in [-0.39, 0.29) is 6.10 Å². The Balaban J connectivity index is 2.78. The summed E-state index contributed by atoms with van der Waals surface area (Å²) in [6, 6.07) is 8.89. The van der Waals surface area contributed by atoms with E-state index in [4.69, 9.17) is 4.74 Å². The Morgan fingerprint density at radius 1 is 1.45 bits per heavy atom. The van der Waals surface area contributed by atoms with Gasteiger partial charge in [-0.3, -0.25) is 0 Å². The van der Waals surface area contributed by atoms with Crippen molar-refractivity contribution in [1.29, 1.82) is 0 Å². The molecule has 0 aliphatic rings. The summed E-state index contributed by atoms with van der Waals surface area (Å²) in [5, 5.41) is 0. The maximum absolute atomic E-state index is 5.49. The molecule has 0 aliphatic carbocycles. The second kappa shape index (κ2) is 3.42. The molecule has 1 radical (unpaired) electrons. The van der Waals surface area contributed by atoms with E-state index in [2.05, 4.69) is 6.07 Å². The van der Waals surface area contributed by atoms with Crippen molar-refractivity contribution >= 4 is 0 Å². The number of aryl methyl sites for hydroxylation is 1. The molecule has 1 heteroatoms. The van der Waals surface area contributed by atoms with Crippen molar-refractivity contribution in [3.63, 3.8) is 0 Å². The minimum atomic E-state index is 0.229. The lowest BCUT2D eigenvalue weighted by Gasteiger charge is -2.10. The van der Waals surface area contributed by atoms with Gasteiger partial charge in [0.15, 0.2) is 0 Å². The first-order valence-electron chi connectivity index (χ1n) is 3.84. The third-order valence-electron chi connectivity index (χ3n) is 1.37. The minimum Gasteiger partial charge on any atom is -0.490 e. The van der Waals surface area contributed by atoms with E-state index in [1.54, 1.807) is 0 Å². The molecule has 59 valence electrons. The van der Waals surface area contributed by atoms with Crippen molar-refractivity contribution in [3.8, 4) is 5.75 Å². The van der Waals surface area contributed by atoms with Crippen LogP contribution < -0.4 is 4.74 Å². The van der Waals surface area contributed by atoms with Crippen LogP contribution in [0.25, 0.3) is 0 Å². The molecule has 0 aliphatic heterocycles. The van der Waals surface area contributed by atoms with E-state index in [0.717, 1.165) is 11.3 Å². The molecule has 1 aromatic carbocycles. The van der Waals surface area contributed by atoms with Gasteiger partial charge in [-0.1, -0.05) is 18.2 Å². The van der Waals surface area contributed by atoms with Gasteiger partial charge in [0, 0.05) is 6.07 Å². The highest BCUT2D eigenvalue weighted by Gasteiger charge is 1.99. The van der Waals surface area contributed by atoms with Crippen LogP contribution in [-0.2, 0) is 0 Å². The van der Waals surface area contributed by atoms with Crippen LogP contribution in [0, 0.1) is 13.0 Å². The summed E-state index contributed by atoms with van der Waals surface area (Å²) in [5.74, 6) is 0.863. The highest BCUT2D eigenvalue weighted by atomic mass is 16.5. The molecule has 1 nitrogen and oxygen atoms in total. The molecular weight excluding hydrogens is 136 g/mol. The first-order chi connectivity index (χ1) is 5.20. The van der Waals surface area contributed by atoms with E-state index >= 15 is 0 Å². The third-order valence-corrected chi connectivity index (χ3v) is 1.37. The van der Waals surface area contributed by atoms with Crippen LogP contribution >= 0.6 is 0 Å². The van der Waals surface area contributed by atoms with Crippen molar-refractivity contribution in [2.24, 2.45) is 0 Å². The second-order valence-corrected chi connectivity index (χ2v) is 2.85. The lowest BCUT2D eigenvalue weighted by atomic mass is 10.2. The van der Waals surface area contributed by atoms with Gasteiger partial charge in [0.05, 0.1) is 6.10 Å². The fourth-order valence-electron chi connectivity index (χ4n) is 0.868. The van der Waals surface area contributed by atoms with Crippen LogP contribution in [0.5, 0.6) is 5.75 Å². The molecule has 0 heterocycles. The van der Waals surface area contributed by atoms with Crippen LogP contribution in [0.2, 0.25) is 0 Å². The number of rotatable bonds is 2. The van der Waals surface area contributed by atoms with Gasteiger partial charge in [0.25, 0.3) is 0 Å². The molecule has 0 N–H and O–H groups in total. The highest BCUT2D eigenvalue weighted by molar-refractivity contribution is 5.30. The average molecular weight is 149 g/mol. The number of hydrogen-bond donors (Lipinski definition) is 0. The number of benzene rings is 1. The zero-order valence-electron chi connectivity index (χ0n) is 7.22. The van der Waals surface area contributed by atoms with E-state index in [0.29, 0.717) is 0 Å². The van der Waals surface area contributed by atoms with E-state index in [1.807, 2.05) is 39.0 Å². The molecule has 1 rings (SSSR count). The molecule has 0 aromatic heterocycles. The maximum Gasteiger partial charge on any atom is 0.130 e. The van der Waals surface area contributed by atoms with Gasteiger partial charge >= 0.3 is 0 Å². The first-order valence-corrected chi connectivity index (χ1v) is 3.84. The van der Waals surface area contributed by atoms with Gasteiger partial charge in [0.1, 0.15) is 5.75 Å². The normalized spacial score (nSPS) is 10.2. The molecule has 0 saturated carbocycles. The molecule has 0 unspecified atom stereocenters. The summed E-state index contributed by atoms with van der Waals surface area (Å²) in [5.41, 5.74) is 1.14. The summed E-state index contributed by atoms with van der Waals surface area (Å²) in [4.78, 5) is 0. The maximum atomic E-state index is 5.49. The Kier molecular flexibility index (Phi) is 2.53. The van der Waals surface area contributed by atoms with Gasteiger partial charge in [-0.2, -0.15) is 0 Å². The second-order valence-electron chi connectivity index (χ2n) is 2.85. The molecule has 11 heavy (non-hydrogen) atoms. The van der Waals surface area contributed by atoms with Crippen LogP contribution in [-0.4, -0.2) is 6.10 Å². The molecule has 0 atom stereocenters. The van der Waals surface area contributed by atoms with E-state index in [1.165, 1.54) is 0 Å². The van der Waals surface area contributed by atoms with Gasteiger partial charge in [-0.25, -0.2) is 0 Å². The lowest BCUT2D eigenvalue weighted by Crippen LogP contribution is -2.06. The van der Waals surface area contributed by atoms with Crippen LogP contribution in [0.15, 0.2) is 18.2 Å². The van der Waals surface area contributed by atoms with Crippen molar-refractivity contribution in [3.05, 3.63) is 29.8 Å². The van der Waals surface area contributed by atoms with Gasteiger partial charge < -0.3 is 4.74 Å². The highest BCUT2D eigenvalue weighted by Crippen LogP contribution is 2.16. The van der Waals surface area contributed by atoms with E-state index < -0.39 is 0 Å². The number of hydrogen-bond acceptors (Lipinski definition) is 1. The van der Waals surface area contributed by atoms with Gasteiger partial charge in [-0.15, -0.1) is 0 Å². The quantitative estimate of drug-likeness (QED) is 0.628. The predicted molar refractivity (Wildman–Crippen MR) is 45.8 cm³/mol. The minimum absolute atomic E-state index is 0.229. The van der Waals surface area contributed by atoms with Crippen LogP contribution in [0.4, 0.5) is 0 Å². The Bertz CT molecular complexity index is 228. The smallest absolute Gasteiger partial charge is 0.130 e. The molecule has 0 spiro atoms. The van der Waals surface area contributed by atoms with Crippen molar-refractivity contribution in [2.75, 3.05) is 0 Å². The Hall–Kier alpha value is -0.980. The van der Waals surface area contributed by atoms with E-state index in [9.17, 15) is 0 Å². The van der Waals surface area contributed by atoms with Gasteiger partial charge in [0.2, 0.25) is 0 Å². The molecule has 0 saturated heterocycles. The fraction of sp³-hybridized carbons (Fsp3) is 0.400. The SMILES string of the molecule is Cc1ccc[c]c1OC(C)C. The summed E-state index contributed by atoms with van der Waals surface area (Å²) < 4.78 is 5.49.